The summed E-state index contributed by atoms with van der Waals surface area (Å²) in [5.74, 6) is 0.745. The third kappa shape index (κ3) is 3.30. The Morgan fingerprint density at radius 3 is 2.73 bits per heavy atom. The van der Waals surface area contributed by atoms with E-state index in [4.69, 9.17) is 11.6 Å². The van der Waals surface area contributed by atoms with Gasteiger partial charge in [0, 0.05) is 18.0 Å². The highest BCUT2D eigenvalue weighted by molar-refractivity contribution is 7.89. The summed E-state index contributed by atoms with van der Waals surface area (Å²) in [6, 6.07) is 13.8. The van der Waals surface area contributed by atoms with Gasteiger partial charge in [0.15, 0.2) is 0 Å². The lowest BCUT2D eigenvalue weighted by Gasteiger charge is -2.06. The Balaban J connectivity index is 1.67. The van der Waals surface area contributed by atoms with E-state index in [0.717, 1.165) is 16.9 Å². The summed E-state index contributed by atoms with van der Waals surface area (Å²) in [7, 11) is -3.56. The van der Waals surface area contributed by atoms with Crippen LogP contribution < -0.4 is 4.72 Å². The van der Waals surface area contributed by atoms with E-state index >= 15 is 0 Å². The number of aromatic nitrogens is 2. The molecule has 3 aromatic rings. The molecular formula is C15H14ClN3O2S. The molecule has 7 heteroatoms. The van der Waals surface area contributed by atoms with Crippen molar-refractivity contribution in [3.05, 3.63) is 59.4 Å². The number of imidazole rings is 1. The second kappa shape index (κ2) is 6.08. The summed E-state index contributed by atoms with van der Waals surface area (Å²) < 4.78 is 26.8. The lowest BCUT2D eigenvalue weighted by molar-refractivity contribution is 0.581. The van der Waals surface area contributed by atoms with E-state index in [1.165, 1.54) is 12.1 Å². The van der Waals surface area contributed by atoms with Gasteiger partial charge in [0.2, 0.25) is 10.0 Å². The Morgan fingerprint density at radius 1 is 1.14 bits per heavy atom. The Morgan fingerprint density at radius 2 is 1.95 bits per heavy atom. The molecule has 0 spiro atoms. The van der Waals surface area contributed by atoms with Crippen LogP contribution in [0.4, 0.5) is 0 Å². The van der Waals surface area contributed by atoms with Crippen molar-refractivity contribution in [2.45, 2.75) is 11.3 Å². The molecule has 2 N–H and O–H groups in total. The van der Waals surface area contributed by atoms with Gasteiger partial charge in [0.25, 0.3) is 0 Å². The lowest BCUT2D eigenvalue weighted by Crippen LogP contribution is -2.26. The summed E-state index contributed by atoms with van der Waals surface area (Å²) in [6.45, 7) is 0.259. The maximum atomic E-state index is 12.1. The van der Waals surface area contributed by atoms with Gasteiger partial charge in [-0.2, -0.15) is 0 Å². The molecule has 1 aromatic heterocycles. The molecule has 114 valence electrons. The largest absolute Gasteiger partial charge is 0.342 e. The highest BCUT2D eigenvalue weighted by Crippen LogP contribution is 2.15. The second-order valence-electron chi connectivity index (χ2n) is 4.81. The fourth-order valence-corrected chi connectivity index (χ4v) is 3.48. The van der Waals surface area contributed by atoms with Crippen LogP contribution >= 0.6 is 11.6 Å². The van der Waals surface area contributed by atoms with Crippen molar-refractivity contribution in [3.8, 4) is 0 Å². The molecule has 5 nitrogen and oxygen atoms in total. The van der Waals surface area contributed by atoms with E-state index in [0.29, 0.717) is 11.4 Å². The standard InChI is InChI=1S/C15H14ClN3O2S/c16-11-4-3-5-12(10-11)22(20,21)17-9-8-15-18-13-6-1-2-7-14(13)19-15/h1-7,10,17H,8-9H2,(H,18,19). The second-order valence-corrected chi connectivity index (χ2v) is 7.01. The van der Waals surface area contributed by atoms with E-state index in [1.54, 1.807) is 12.1 Å². The van der Waals surface area contributed by atoms with Crippen LogP contribution in [0.3, 0.4) is 0 Å². The highest BCUT2D eigenvalue weighted by Gasteiger charge is 2.14. The van der Waals surface area contributed by atoms with Crippen LogP contribution in [0.25, 0.3) is 11.0 Å². The molecule has 0 atom stereocenters. The van der Waals surface area contributed by atoms with Gasteiger partial charge in [0.05, 0.1) is 15.9 Å². The first kappa shape index (κ1) is 15.0. The van der Waals surface area contributed by atoms with Gasteiger partial charge in [-0.05, 0) is 30.3 Å². The number of hydrogen-bond acceptors (Lipinski definition) is 3. The van der Waals surface area contributed by atoms with Gasteiger partial charge >= 0.3 is 0 Å². The van der Waals surface area contributed by atoms with Gasteiger partial charge in [-0.3, -0.25) is 0 Å². The Kier molecular flexibility index (Phi) is 4.15. The topological polar surface area (TPSA) is 74.8 Å². The zero-order chi connectivity index (χ0) is 15.6. The van der Waals surface area contributed by atoms with Crippen LogP contribution in [0, 0.1) is 0 Å². The molecule has 0 amide bonds. The zero-order valence-corrected chi connectivity index (χ0v) is 13.2. The summed E-state index contributed by atoms with van der Waals surface area (Å²) in [6.07, 6.45) is 0.481. The fraction of sp³-hybridized carbons (Fsp3) is 0.133. The van der Waals surface area contributed by atoms with Crippen molar-refractivity contribution in [1.82, 2.24) is 14.7 Å². The zero-order valence-electron chi connectivity index (χ0n) is 11.6. The van der Waals surface area contributed by atoms with Crippen molar-refractivity contribution < 1.29 is 8.42 Å². The summed E-state index contributed by atoms with van der Waals surface area (Å²) in [4.78, 5) is 7.73. The van der Waals surface area contributed by atoms with Crippen LogP contribution in [0.1, 0.15) is 5.82 Å². The summed E-state index contributed by atoms with van der Waals surface area (Å²) in [5, 5.41) is 0.389. The number of nitrogens with one attached hydrogen (secondary N) is 2. The van der Waals surface area contributed by atoms with Crippen molar-refractivity contribution in [2.75, 3.05) is 6.54 Å². The van der Waals surface area contributed by atoms with Crippen LogP contribution in [-0.4, -0.2) is 24.9 Å². The van der Waals surface area contributed by atoms with Crippen molar-refractivity contribution in [1.29, 1.82) is 0 Å². The monoisotopic (exact) mass is 335 g/mol. The minimum atomic E-state index is -3.56. The predicted molar refractivity (Wildman–Crippen MR) is 86.4 cm³/mol. The van der Waals surface area contributed by atoms with Crippen molar-refractivity contribution >= 4 is 32.7 Å². The molecule has 0 bridgehead atoms. The number of rotatable bonds is 5. The number of benzene rings is 2. The first-order valence-corrected chi connectivity index (χ1v) is 8.59. The molecule has 0 unspecified atom stereocenters. The Hall–Kier alpha value is -1.89. The van der Waals surface area contributed by atoms with E-state index in [-0.39, 0.29) is 11.4 Å². The Labute approximate surface area is 133 Å². The average Bonchev–Trinajstić information content (AvgIpc) is 2.89. The molecule has 0 saturated carbocycles. The molecule has 0 aliphatic carbocycles. The number of fused-ring (bicyclic) bond motifs is 1. The number of halogens is 1. The van der Waals surface area contributed by atoms with Gasteiger partial charge in [-0.15, -0.1) is 0 Å². The first-order chi connectivity index (χ1) is 10.5. The summed E-state index contributed by atoms with van der Waals surface area (Å²) in [5.41, 5.74) is 1.81. The maximum absolute atomic E-state index is 12.1. The third-order valence-electron chi connectivity index (χ3n) is 3.20. The lowest BCUT2D eigenvalue weighted by atomic mass is 10.3. The van der Waals surface area contributed by atoms with Gasteiger partial charge < -0.3 is 4.98 Å². The van der Waals surface area contributed by atoms with Crippen molar-refractivity contribution in [3.63, 3.8) is 0 Å². The maximum Gasteiger partial charge on any atom is 0.240 e. The quantitative estimate of drug-likeness (QED) is 0.752. The predicted octanol–water partition coefficient (Wildman–Crippen LogP) is 2.74. The molecule has 0 radical (unpaired) electrons. The molecule has 0 saturated heterocycles. The number of nitrogens with zero attached hydrogens (tertiary/aromatic N) is 1. The molecular weight excluding hydrogens is 322 g/mol. The molecule has 1 heterocycles. The third-order valence-corrected chi connectivity index (χ3v) is 4.89. The van der Waals surface area contributed by atoms with Gasteiger partial charge in [-0.25, -0.2) is 18.1 Å². The molecule has 22 heavy (non-hydrogen) atoms. The molecule has 2 aromatic carbocycles. The number of para-hydroxylation sites is 2. The van der Waals surface area contributed by atoms with Crippen LogP contribution in [0.5, 0.6) is 0 Å². The number of H-pyrrole nitrogens is 1. The minimum Gasteiger partial charge on any atom is -0.342 e. The smallest absolute Gasteiger partial charge is 0.240 e. The van der Waals surface area contributed by atoms with E-state index in [2.05, 4.69) is 14.7 Å². The average molecular weight is 336 g/mol. The van der Waals surface area contributed by atoms with E-state index in [9.17, 15) is 8.42 Å². The first-order valence-electron chi connectivity index (χ1n) is 6.73. The van der Waals surface area contributed by atoms with Gasteiger partial charge in [-0.1, -0.05) is 29.8 Å². The van der Waals surface area contributed by atoms with E-state index < -0.39 is 10.0 Å². The van der Waals surface area contributed by atoms with E-state index in [1.807, 2.05) is 24.3 Å². The molecule has 0 fully saturated rings. The SMILES string of the molecule is O=S(=O)(NCCc1nc2ccccc2[nH]1)c1cccc(Cl)c1. The molecule has 3 rings (SSSR count). The van der Waals surface area contributed by atoms with Crippen LogP contribution in [-0.2, 0) is 16.4 Å². The Bertz CT molecular complexity index is 873. The number of hydrogen-bond donors (Lipinski definition) is 2. The van der Waals surface area contributed by atoms with Crippen LogP contribution in [0.2, 0.25) is 5.02 Å². The van der Waals surface area contributed by atoms with Gasteiger partial charge in [0.1, 0.15) is 5.82 Å². The molecule has 0 aliphatic rings. The fourth-order valence-electron chi connectivity index (χ4n) is 2.15. The molecule has 0 aliphatic heterocycles. The number of aromatic amines is 1. The minimum absolute atomic E-state index is 0.157. The normalized spacial score (nSPS) is 11.9. The van der Waals surface area contributed by atoms with Crippen molar-refractivity contribution in [2.24, 2.45) is 0 Å². The number of sulfonamides is 1. The summed E-state index contributed by atoms with van der Waals surface area (Å²) >= 11 is 5.82. The van der Waals surface area contributed by atoms with Crippen LogP contribution in [0.15, 0.2) is 53.4 Å². The highest BCUT2D eigenvalue weighted by atomic mass is 35.5.